The van der Waals surface area contributed by atoms with Gasteiger partial charge in [0.25, 0.3) is 0 Å². The van der Waals surface area contributed by atoms with Crippen molar-refractivity contribution in [3.63, 3.8) is 0 Å². The van der Waals surface area contributed by atoms with Crippen LogP contribution in [0.25, 0.3) is 0 Å². The maximum atomic E-state index is 12.5. The molecule has 1 aromatic rings. The van der Waals surface area contributed by atoms with Gasteiger partial charge >= 0.3 is 5.97 Å². The van der Waals surface area contributed by atoms with Crippen molar-refractivity contribution in [2.45, 2.75) is 58.9 Å². The van der Waals surface area contributed by atoms with Gasteiger partial charge in [-0.05, 0) is 71.1 Å². The van der Waals surface area contributed by atoms with E-state index in [-0.39, 0.29) is 5.97 Å². The maximum Gasteiger partial charge on any atom is 0.328 e. The Morgan fingerprint density at radius 3 is 1.74 bits per heavy atom. The van der Waals surface area contributed by atoms with E-state index in [4.69, 9.17) is 13.3 Å². The van der Waals surface area contributed by atoms with E-state index in [1.54, 1.807) is 6.07 Å². The van der Waals surface area contributed by atoms with Crippen LogP contribution in [0.1, 0.15) is 10.4 Å². The molecule has 4 nitrogen and oxygen atoms in total. The average molecular weight is 371 g/mol. The highest BCUT2D eigenvalue weighted by atomic mass is 28.4. The molecule has 0 radical (unpaired) electrons. The Kier molecular flexibility index (Phi) is 5.93. The average Bonchev–Trinajstić information content (AvgIpc) is 2.21. The largest absolute Gasteiger partial charge is 0.544 e. The van der Waals surface area contributed by atoms with Crippen molar-refractivity contribution in [3.05, 3.63) is 23.8 Å². The topological polar surface area (TPSA) is 44.8 Å². The summed E-state index contributed by atoms with van der Waals surface area (Å²) < 4.78 is 17.8. The molecule has 0 N–H and O–H groups in total. The van der Waals surface area contributed by atoms with Crippen LogP contribution in [0.15, 0.2) is 18.2 Å². The van der Waals surface area contributed by atoms with Crippen LogP contribution in [-0.4, -0.2) is 30.9 Å². The summed E-state index contributed by atoms with van der Waals surface area (Å²) in [6.07, 6.45) is 0. The Labute approximate surface area is 143 Å². The lowest BCUT2D eigenvalue weighted by molar-refractivity contribution is 0.0722. The van der Waals surface area contributed by atoms with Gasteiger partial charge in [-0.25, -0.2) is 4.79 Å². The van der Waals surface area contributed by atoms with Gasteiger partial charge in [0.2, 0.25) is 25.0 Å². The highest BCUT2D eigenvalue weighted by molar-refractivity contribution is 6.72. The van der Waals surface area contributed by atoms with Gasteiger partial charge in [-0.1, -0.05) is 0 Å². The summed E-state index contributed by atoms with van der Waals surface area (Å²) >= 11 is 0. The zero-order valence-electron chi connectivity index (χ0n) is 15.9. The molecule has 0 atom stereocenters. The van der Waals surface area contributed by atoms with Gasteiger partial charge in [-0.2, -0.15) is 0 Å². The van der Waals surface area contributed by atoms with Crippen LogP contribution in [0.5, 0.6) is 11.5 Å². The molecule has 7 heteroatoms. The van der Waals surface area contributed by atoms with Gasteiger partial charge in [-0.15, -0.1) is 0 Å². The minimum Gasteiger partial charge on any atom is -0.544 e. The Bertz CT molecular complexity index is 566. The van der Waals surface area contributed by atoms with Crippen LogP contribution in [-0.2, 0) is 4.43 Å². The first-order chi connectivity index (χ1) is 10.2. The molecule has 0 spiro atoms. The normalized spacial score (nSPS) is 12.7. The Hall–Kier alpha value is -1.06. The Balaban J connectivity index is 3.21. The molecule has 0 saturated carbocycles. The second-order valence-electron chi connectivity index (χ2n) is 8.59. The number of carbonyl (C=O) groups is 1. The van der Waals surface area contributed by atoms with Crippen molar-refractivity contribution < 1.29 is 18.1 Å². The molecule has 0 aliphatic rings. The second kappa shape index (κ2) is 6.82. The van der Waals surface area contributed by atoms with E-state index in [0.29, 0.717) is 11.3 Å². The minimum absolute atomic E-state index is 0.308. The van der Waals surface area contributed by atoms with E-state index in [0.717, 1.165) is 5.75 Å². The van der Waals surface area contributed by atoms with Gasteiger partial charge in [0.05, 0.1) is 5.56 Å². The molecule has 1 rings (SSSR count). The fraction of sp³-hybridized carbons (Fsp3) is 0.562. The number of rotatable bonds is 6. The first-order valence-corrected chi connectivity index (χ1v) is 18.1. The lowest BCUT2D eigenvalue weighted by Crippen LogP contribution is -2.33. The van der Waals surface area contributed by atoms with E-state index < -0.39 is 25.0 Å². The van der Waals surface area contributed by atoms with Gasteiger partial charge in [-0.3, -0.25) is 0 Å². The van der Waals surface area contributed by atoms with E-state index in [1.165, 1.54) is 0 Å². The highest BCUT2D eigenvalue weighted by Gasteiger charge is 2.27. The van der Waals surface area contributed by atoms with Crippen LogP contribution in [0.4, 0.5) is 0 Å². The van der Waals surface area contributed by atoms with Crippen LogP contribution < -0.4 is 8.85 Å². The van der Waals surface area contributed by atoms with Crippen LogP contribution in [0.3, 0.4) is 0 Å². The lowest BCUT2D eigenvalue weighted by Gasteiger charge is -2.25. The first kappa shape index (κ1) is 20.0. The summed E-state index contributed by atoms with van der Waals surface area (Å²) in [5, 5.41) is 0. The molecule has 0 aromatic heterocycles. The third kappa shape index (κ3) is 7.85. The summed E-state index contributed by atoms with van der Waals surface area (Å²) in [4.78, 5) is 12.5. The molecule has 0 aliphatic carbocycles. The smallest absolute Gasteiger partial charge is 0.328 e. The Morgan fingerprint density at radius 2 is 1.30 bits per heavy atom. The van der Waals surface area contributed by atoms with E-state index in [2.05, 4.69) is 39.3 Å². The monoisotopic (exact) mass is 370 g/mol. The summed E-state index contributed by atoms with van der Waals surface area (Å²) in [6.45, 7) is 18.6. The first-order valence-electron chi connectivity index (χ1n) is 7.92. The maximum absolute atomic E-state index is 12.5. The number of carbonyl (C=O) groups excluding carboxylic acids is 1. The number of hydrogen-bond donors (Lipinski definition) is 0. The molecule has 130 valence electrons. The van der Waals surface area contributed by atoms with E-state index in [9.17, 15) is 4.79 Å². The van der Waals surface area contributed by atoms with Crippen LogP contribution >= 0.6 is 0 Å². The summed E-state index contributed by atoms with van der Waals surface area (Å²) in [6, 6.07) is 5.42. The van der Waals surface area contributed by atoms with Gasteiger partial charge in [0.1, 0.15) is 11.5 Å². The molecule has 0 saturated heterocycles. The van der Waals surface area contributed by atoms with Crippen molar-refractivity contribution in [3.8, 4) is 11.5 Å². The third-order valence-corrected chi connectivity index (χ3v) is 4.89. The molecule has 0 bridgehead atoms. The van der Waals surface area contributed by atoms with E-state index >= 15 is 0 Å². The predicted molar refractivity (Wildman–Crippen MR) is 103 cm³/mol. The zero-order chi connectivity index (χ0) is 18.1. The predicted octanol–water partition coefficient (Wildman–Crippen LogP) is 5.11. The van der Waals surface area contributed by atoms with Crippen LogP contribution in [0, 0.1) is 0 Å². The molecule has 23 heavy (non-hydrogen) atoms. The molecule has 1 aromatic carbocycles. The fourth-order valence-corrected chi connectivity index (χ4v) is 4.16. The third-order valence-electron chi connectivity index (χ3n) is 2.41. The number of benzene rings is 1. The summed E-state index contributed by atoms with van der Waals surface area (Å²) in [5.41, 5.74) is 0.484. The molecule has 0 heterocycles. The lowest BCUT2D eigenvalue weighted by atomic mass is 10.2. The Morgan fingerprint density at radius 1 is 0.783 bits per heavy atom. The van der Waals surface area contributed by atoms with Crippen molar-refractivity contribution in [1.29, 1.82) is 0 Å². The zero-order valence-corrected chi connectivity index (χ0v) is 18.9. The SMILES string of the molecule is C[Si](C)(C)OC(=O)c1ccc(O[Si](C)(C)C)cc1O[Si](C)(C)C. The van der Waals surface area contributed by atoms with Crippen LogP contribution in [0.2, 0.25) is 58.9 Å². The van der Waals surface area contributed by atoms with E-state index in [1.807, 2.05) is 31.8 Å². The minimum atomic E-state index is -1.95. The molecule has 0 amide bonds. The quantitative estimate of drug-likeness (QED) is 0.653. The molecular weight excluding hydrogens is 340 g/mol. The highest BCUT2D eigenvalue weighted by Crippen LogP contribution is 2.30. The van der Waals surface area contributed by atoms with Gasteiger partial charge < -0.3 is 13.3 Å². The van der Waals surface area contributed by atoms with Crippen molar-refractivity contribution >= 4 is 30.9 Å². The molecule has 0 aliphatic heterocycles. The molecule has 0 fully saturated rings. The second-order valence-corrected chi connectivity index (χ2v) is 21.9. The number of hydrogen-bond acceptors (Lipinski definition) is 4. The molecular formula is C16H30O4Si3. The van der Waals surface area contributed by atoms with Crippen molar-refractivity contribution in [1.82, 2.24) is 0 Å². The summed E-state index contributed by atoms with van der Waals surface area (Å²) in [5.74, 6) is 1.02. The molecule has 0 unspecified atom stereocenters. The van der Waals surface area contributed by atoms with Crippen molar-refractivity contribution in [2.75, 3.05) is 0 Å². The summed E-state index contributed by atoms with van der Waals surface area (Å²) in [7, 11) is -5.53. The van der Waals surface area contributed by atoms with Crippen molar-refractivity contribution in [2.24, 2.45) is 0 Å². The standard InChI is InChI=1S/C16H30O4Si3/c1-21(2,3)18-13-10-11-14(16(17)20-23(7,8)9)15(12-13)19-22(4,5)6/h10-12H,1-9H3. The van der Waals surface area contributed by atoms with Gasteiger partial charge in [0.15, 0.2) is 0 Å². The van der Waals surface area contributed by atoms with Gasteiger partial charge in [0, 0.05) is 6.07 Å². The fourth-order valence-electron chi connectivity index (χ4n) is 1.84.